The highest BCUT2D eigenvalue weighted by Crippen LogP contribution is 2.33. The number of hydrogen-bond donors (Lipinski definition) is 0. The van der Waals surface area contributed by atoms with Crippen LogP contribution < -0.4 is 4.74 Å². The number of hydrogen-bond acceptors (Lipinski definition) is 3. The number of carbonyl (C=O) groups is 1. The zero-order chi connectivity index (χ0) is 22.1. The smallest absolute Gasteiger partial charge is 0.258 e. The van der Waals surface area contributed by atoms with Crippen molar-refractivity contribution in [3.8, 4) is 16.9 Å². The van der Waals surface area contributed by atoms with Gasteiger partial charge in [-0.05, 0) is 28.8 Å². The van der Waals surface area contributed by atoms with Crippen LogP contribution in [0.4, 0.5) is 0 Å². The zero-order valence-electron chi connectivity index (χ0n) is 17.7. The number of carbonyl (C=O) groups excluding carboxylic acids is 1. The fourth-order valence-corrected chi connectivity index (χ4v) is 4.19. The number of halogens is 1. The summed E-state index contributed by atoms with van der Waals surface area (Å²) in [6.07, 6.45) is 3.83. The Morgan fingerprint density at radius 1 is 1.00 bits per heavy atom. The van der Waals surface area contributed by atoms with Crippen LogP contribution in [0.2, 0.25) is 5.02 Å². The van der Waals surface area contributed by atoms with Gasteiger partial charge in [0.15, 0.2) is 0 Å². The molecule has 0 atom stereocenters. The minimum absolute atomic E-state index is 0.00825. The maximum absolute atomic E-state index is 13.2. The van der Waals surface area contributed by atoms with Crippen molar-refractivity contribution in [1.29, 1.82) is 0 Å². The third kappa shape index (κ3) is 3.99. The van der Waals surface area contributed by atoms with Crippen LogP contribution in [0.1, 0.15) is 27.0 Å². The maximum atomic E-state index is 13.2. The van der Waals surface area contributed by atoms with Gasteiger partial charge in [-0.25, -0.2) is 0 Å². The quantitative estimate of drug-likeness (QED) is 0.396. The van der Waals surface area contributed by atoms with Crippen molar-refractivity contribution < 1.29 is 9.53 Å². The average molecular weight is 444 g/mol. The van der Waals surface area contributed by atoms with Crippen LogP contribution in [0, 0.1) is 0 Å². The molecule has 0 unspecified atom stereocenters. The molecule has 1 aliphatic heterocycles. The van der Waals surface area contributed by atoms with Crippen molar-refractivity contribution in [3.05, 3.63) is 106 Å². The molecule has 5 nitrogen and oxygen atoms in total. The average Bonchev–Trinajstić information content (AvgIpc) is 3.37. The SMILES string of the molecule is Cn1cc(-c2ccc(CN3Cc4cccc(OCc5ccccc5Cl)c4C3=O)cc2)cn1. The second-order valence-corrected chi connectivity index (χ2v) is 8.34. The molecule has 0 spiro atoms. The van der Waals surface area contributed by atoms with Crippen molar-refractivity contribution in [1.82, 2.24) is 14.7 Å². The summed E-state index contributed by atoms with van der Waals surface area (Å²) in [5.74, 6) is 0.591. The molecule has 0 bridgehead atoms. The monoisotopic (exact) mass is 443 g/mol. The van der Waals surface area contributed by atoms with E-state index in [1.54, 1.807) is 4.68 Å². The highest BCUT2D eigenvalue weighted by Gasteiger charge is 2.30. The van der Waals surface area contributed by atoms with Gasteiger partial charge in [0.2, 0.25) is 0 Å². The molecule has 0 aliphatic carbocycles. The molecular weight excluding hydrogens is 422 g/mol. The van der Waals surface area contributed by atoms with Crippen LogP contribution in [0.5, 0.6) is 5.75 Å². The molecule has 32 heavy (non-hydrogen) atoms. The Labute approximate surface area is 191 Å². The van der Waals surface area contributed by atoms with Crippen LogP contribution in [0.25, 0.3) is 11.1 Å². The second kappa shape index (κ2) is 8.52. The summed E-state index contributed by atoms with van der Waals surface area (Å²) < 4.78 is 7.80. The minimum Gasteiger partial charge on any atom is -0.488 e. The summed E-state index contributed by atoms with van der Waals surface area (Å²) in [7, 11) is 1.90. The molecule has 4 aromatic rings. The number of benzene rings is 3. The Kier molecular flexibility index (Phi) is 5.41. The van der Waals surface area contributed by atoms with Crippen LogP contribution in [-0.4, -0.2) is 20.6 Å². The Bertz CT molecular complexity index is 1280. The molecule has 0 saturated carbocycles. The van der Waals surface area contributed by atoms with Crippen molar-refractivity contribution >= 4 is 17.5 Å². The van der Waals surface area contributed by atoms with Crippen LogP contribution in [0.3, 0.4) is 0 Å². The summed E-state index contributed by atoms with van der Waals surface area (Å²) >= 11 is 6.24. The van der Waals surface area contributed by atoms with E-state index in [2.05, 4.69) is 29.4 Å². The second-order valence-electron chi connectivity index (χ2n) is 7.93. The number of rotatable bonds is 6. The van der Waals surface area contributed by atoms with E-state index in [0.29, 0.717) is 36.0 Å². The van der Waals surface area contributed by atoms with Gasteiger partial charge in [-0.3, -0.25) is 9.48 Å². The molecule has 0 radical (unpaired) electrons. The van der Waals surface area contributed by atoms with Crippen molar-refractivity contribution in [3.63, 3.8) is 0 Å². The number of fused-ring (bicyclic) bond motifs is 1. The molecule has 0 saturated heterocycles. The largest absolute Gasteiger partial charge is 0.488 e. The fourth-order valence-electron chi connectivity index (χ4n) is 4.00. The first-order valence-corrected chi connectivity index (χ1v) is 10.8. The summed E-state index contributed by atoms with van der Waals surface area (Å²) in [5.41, 5.74) is 5.78. The molecule has 1 aromatic heterocycles. The summed E-state index contributed by atoms with van der Waals surface area (Å²) in [5, 5.41) is 4.88. The fraction of sp³-hybridized carbons (Fsp3) is 0.154. The topological polar surface area (TPSA) is 47.4 Å². The predicted octanol–water partition coefficient (Wildman–Crippen LogP) is 5.48. The molecule has 0 N–H and O–H groups in total. The minimum atomic E-state index is -0.00825. The van der Waals surface area contributed by atoms with Crippen LogP contribution in [0.15, 0.2) is 79.1 Å². The number of nitrogens with zero attached hydrogens (tertiary/aromatic N) is 3. The van der Waals surface area contributed by atoms with Gasteiger partial charge in [-0.1, -0.05) is 66.2 Å². The lowest BCUT2D eigenvalue weighted by Crippen LogP contribution is -2.23. The van der Waals surface area contributed by atoms with Crippen molar-refractivity contribution in [2.24, 2.45) is 7.05 Å². The first-order chi connectivity index (χ1) is 15.6. The number of amides is 1. The Balaban J connectivity index is 1.30. The molecule has 0 fully saturated rings. The van der Waals surface area contributed by atoms with Gasteiger partial charge in [0, 0.05) is 42.5 Å². The Morgan fingerprint density at radius 2 is 1.81 bits per heavy atom. The highest BCUT2D eigenvalue weighted by molar-refractivity contribution is 6.31. The molecule has 6 heteroatoms. The van der Waals surface area contributed by atoms with E-state index in [-0.39, 0.29) is 5.91 Å². The van der Waals surface area contributed by atoms with E-state index in [1.807, 2.05) is 66.8 Å². The Hall–Kier alpha value is -3.57. The van der Waals surface area contributed by atoms with Crippen molar-refractivity contribution in [2.75, 3.05) is 0 Å². The normalized spacial score (nSPS) is 12.8. The van der Waals surface area contributed by atoms with E-state index in [1.165, 1.54) is 0 Å². The summed E-state index contributed by atoms with van der Waals surface area (Å²) in [6.45, 7) is 1.44. The Morgan fingerprint density at radius 3 is 2.56 bits per heavy atom. The third-order valence-corrected chi connectivity index (χ3v) is 6.05. The lowest BCUT2D eigenvalue weighted by atomic mass is 10.1. The van der Waals surface area contributed by atoms with E-state index < -0.39 is 0 Å². The molecule has 3 aromatic carbocycles. The van der Waals surface area contributed by atoms with Gasteiger partial charge in [-0.15, -0.1) is 0 Å². The van der Waals surface area contributed by atoms with Gasteiger partial charge in [0.25, 0.3) is 5.91 Å². The molecule has 2 heterocycles. The van der Waals surface area contributed by atoms with E-state index >= 15 is 0 Å². The lowest BCUT2D eigenvalue weighted by Gasteiger charge is -2.16. The first kappa shape index (κ1) is 20.3. The number of aryl methyl sites for hydroxylation is 1. The molecule has 1 amide bonds. The standard InChI is InChI=1S/C26H22ClN3O2/c1-29-15-22(13-28-29)19-11-9-18(10-12-19)14-30-16-20-6-4-8-24(25(20)26(30)31)32-17-21-5-2-3-7-23(21)27/h2-13,15H,14,16-17H2,1H3. The third-order valence-electron chi connectivity index (χ3n) is 5.68. The molecule has 160 valence electrons. The van der Waals surface area contributed by atoms with E-state index in [9.17, 15) is 4.79 Å². The predicted molar refractivity (Wildman–Crippen MR) is 124 cm³/mol. The van der Waals surface area contributed by atoms with Gasteiger partial charge in [0.05, 0.1) is 11.8 Å². The molecular formula is C26H22ClN3O2. The van der Waals surface area contributed by atoms with Crippen molar-refractivity contribution in [2.45, 2.75) is 19.7 Å². The number of aromatic nitrogens is 2. The first-order valence-electron chi connectivity index (χ1n) is 10.4. The highest BCUT2D eigenvalue weighted by atomic mass is 35.5. The molecule has 1 aliphatic rings. The summed E-state index contributed by atoms with van der Waals surface area (Å²) in [6, 6.07) is 21.6. The van der Waals surface area contributed by atoms with Gasteiger partial charge in [0.1, 0.15) is 12.4 Å². The van der Waals surface area contributed by atoms with Gasteiger partial charge < -0.3 is 9.64 Å². The van der Waals surface area contributed by atoms with E-state index in [4.69, 9.17) is 16.3 Å². The molecule has 5 rings (SSSR count). The van der Waals surface area contributed by atoms with E-state index in [0.717, 1.165) is 27.8 Å². The van der Waals surface area contributed by atoms with Gasteiger partial charge >= 0.3 is 0 Å². The summed E-state index contributed by atoms with van der Waals surface area (Å²) in [4.78, 5) is 15.1. The van der Waals surface area contributed by atoms with Crippen LogP contribution in [-0.2, 0) is 26.7 Å². The van der Waals surface area contributed by atoms with Gasteiger partial charge in [-0.2, -0.15) is 5.10 Å². The zero-order valence-corrected chi connectivity index (χ0v) is 18.4. The maximum Gasteiger partial charge on any atom is 0.258 e. The number of ether oxygens (including phenoxy) is 1. The lowest BCUT2D eigenvalue weighted by molar-refractivity contribution is 0.0763. The van der Waals surface area contributed by atoms with Crippen LogP contribution >= 0.6 is 11.6 Å².